The van der Waals surface area contributed by atoms with E-state index in [4.69, 9.17) is 0 Å². The van der Waals surface area contributed by atoms with Gasteiger partial charge in [-0.15, -0.1) is 24.0 Å². The van der Waals surface area contributed by atoms with Gasteiger partial charge in [0.2, 0.25) is 0 Å². The lowest BCUT2D eigenvalue weighted by Gasteiger charge is -2.01. The molecule has 0 radical (unpaired) electrons. The van der Waals surface area contributed by atoms with E-state index in [1.165, 1.54) is 0 Å². The molecule has 19 heavy (non-hydrogen) atoms. The van der Waals surface area contributed by atoms with Crippen molar-refractivity contribution in [2.24, 2.45) is 0 Å². The summed E-state index contributed by atoms with van der Waals surface area (Å²) in [5, 5.41) is 0. The molecule has 0 unspecified atom stereocenters. The third-order valence-corrected chi connectivity index (χ3v) is 2.33. The number of aromatic amines is 1. The minimum Gasteiger partial charge on any atom is -0.351 e. The van der Waals surface area contributed by atoms with Crippen molar-refractivity contribution < 1.29 is 0 Å². The summed E-state index contributed by atoms with van der Waals surface area (Å²) in [6.45, 7) is 1.97. The van der Waals surface area contributed by atoms with Crippen LogP contribution in [0, 0.1) is 6.92 Å². The Hall–Kier alpha value is -1.76. The van der Waals surface area contributed by atoms with E-state index in [1.54, 1.807) is 31.1 Å². The summed E-state index contributed by atoms with van der Waals surface area (Å²) in [4.78, 5) is 14.9. The van der Waals surface area contributed by atoms with Crippen LogP contribution in [0.25, 0.3) is 11.3 Å². The van der Waals surface area contributed by atoms with Gasteiger partial charge in [-0.05, 0) is 6.92 Å². The molecule has 2 heterocycles. The fraction of sp³-hybridized carbons (Fsp3) is 0.0714. The Labute approximate surface area is 129 Å². The van der Waals surface area contributed by atoms with Crippen LogP contribution in [0.4, 0.5) is 0 Å². The largest absolute Gasteiger partial charge is 0.351 e. The number of hydrogen-bond acceptors (Lipinski definition) is 3. The van der Waals surface area contributed by atoms with Crippen LogP contribution < -0.4 is 0 Å². The highest BCUT2D eigenvalue weighted by molar-refractivity contribution is 14.0. The highest BCUT2D eigenvalue weighted by Gasteiger charge is 2.01. The van der Waals surface area contributed by atoms with Crippen LogP contribution >= 0.6 is 24.0 Å². The fourth-order valence-corrected chi connectivity index (χ4v) is 1.50. The smallest absolute Gasteiger partial charge is 0.0919 e. The maximum absolute atomic E-state index is 4.29. The molecule has 0 spiro atoms. The van der Waals surface area contributed by atoms with Gasteiger partial charge >= 0.3 is 0 Å². The van der Waals surface area contributed by atoms with E-state index in [-0.39, 0.29) is 24.0 Å². The van der Waals surface area contributed by atoms with E-state index < -0.39 is 0 Å². The van der Waals surface area contributed by atoms with Gasteiger partial charge < -0.3 is 4.98 Å². The van der Waals surface area contributed by atoms with E-state index in [2.05, 4.69) is 19.9 Å². The van der Waals surface area contributed by atoms with Gasteiger partial charge in [0, 0.05) is 30.4 Å². The monoisotopic (exact) mass is 366 g/mol. The molecule has 2 aromatic heterocycles. The van der Waals surface area contributed by atoms with Crippen molar-refractivity contribution in [3.05, 3.63) is 67.1 Å². The van der Waals surface area contributed by atoms with Crippen molar-refractivity contribution in [3.8, 4) is 11.3 Å². The Morgan fingerprint density at radius 3 is 2.21 bits per heavy atom. The zero-order valence-corrected chi connectivity index (χ0v) is 12.9. The molecule has 4 nitrogen and oxygen atoms in total. The number of halogens is 1. The number of imidazole rings is 1. The standard InChI is InChI=1S/C11H10N2.C3H4N2.HI/c1-9-11(13-8-7-12-9)10-5-3-2-4-6-10;1-2-5-3-4-1;/h2-8H,1H3;1-3H,(H,4,5);1H. The van der Waals surface area contributed by atoms with Crippen molar-refractivity contribution in [2.75, 3.05) is 0 Å². The number of aromatic nitrogens is 4. The van der Waals surface area contributed by atoms with Gasteiger partial charge in [-0.25, -0.2) is 4.98 Å². The van der Waals surface area contributed by atoms with Crippen LogP contribution in [0.1, 0.15) is 5.69 Å². The number of nitrogens with one attached hydrogen (secondary N) is 1. The summed E-state index contributed by atoms with van der Waals surface area (Å²) in [6, 6.07) is 10.1. The highest BCUT2D eigenvalue weighted by atomic mass is 127. The van der Waals surface area contributed by atoms with Crippen LogP contribution in [-0.2, 0) is 0 Å². The van der Waals surface area contributed by atoms with E-state index in [0.29, 0.717) is 0 Å². The molecule has 3 rings (SSSR count). The predicted molar refractivity (Wildman–Crippen MR) is 86.2 cm³/mol. The summed E-state index contributed by atoms with van der Waals surface area (Å²) in [5.41, 5.74) is 3.05. The first-order chi connectivity index (χ1) is 8.88. The first-order valence-electron chi connectivity index (χ1n) is 5.63. The Morgan fingerprint density at radius 2 is 1.68 bits per heavy atom. The number of rotatable bonds is 1. The molecule has 0 amide bonds. The summed E-state index contributed by atoms with van der Waals surface area (Å²) in [5.74, 6) is 0. The van der Waals surface area contributed by atoms with E-state index >= 15 is 0 Å². The summed E-state index contributed by atoms with van der Waals surface area (Å²) < 4.78 is 0. The van der Waals surface area contributed by atoms with E-state index in [9.17, 15) is 0 Å². The minimum absolute atomic E-state index is 0. The second-order valence-electron chi connectivity index (χ2n) is 3.62. The van der Waals surface area contributed by atoms with Crippen LogP contribution in [-0.4, -0.2) is 19.9 Å². The zero-order valence-electron chi connectivity index (χ0n) is 10.5. The predicted octanol–water partition coefficient (Wildman–Crippen LogP) is 3.48. The van der Waals surface area contributed by atoms with E-state index in [0.717, 1.165) is 17.0 Å². The molecule has 3 aromatic rings. The maximum atomic E-state index is 4.29. The van der Waals surface area contributed by atoms with Crippen LogP contribution in [0.5, 0.6) is 0 Å². The zero-order chi connectivity index (χ0) is 12.6. The molecule has 0 saturated carbocycles. The van der Waals surface area contributed by atoms with Crippen molar-refractivity contribution >= 4 is 24.0 Å². The summed E-state index contributed by atoms with van der Waals surface area (Å²) in [7, 11) is 0. The summed E-state index contributed by atoms with van der Waals surface area (Å²) >= 11 is 0. The molecule has 0 aliphatic carbocycles. The molecule has 0 bridgehead atoms. The lowest BCUT2D eigenvalue weighted by Crippen LogP contribution is -1.89. The minimum atomic E-state index is 0. The second-order valence-corrected chi connectivity index (χ2v) is 3.62. The van der Waals surface area contributed by atoms with Crippen molar-refractivity contribution in [3.63, 3.8) is 0 Å². The third-order valence-electron chi connectivity index (χ3n) is 2.33. The molecule has 1 N–H and O–H groups in total. The quantitative estimate of drug-likeness (QED) is 0.671. The van der Waals surface area contributed by atoms with Crippen molar-refractivity contribution in [1.29, 1.82) is 0 Å². The topological polar surface area (TPSA) is 54.5 Å². The molecule has 0 atom stereocenters. The van der Waals surface area contributed by atoms with Crippen LogP contribution in [0.15, 0.2) is 61.4 Å². The van der Waals surface area contributed by atoms with Gasteiger partial charge in [0.15, 0.2) is 0 Å². The number of nitrogens with zero attached hydrogens (tertiary/aromatic N) is 3. The lowest BCUT2D eigenvalue weighted by molar-refractivity contribution is 1.12. The molecular formula is C14H15IN4. The Bertz CT molecular complexity index is 550. The Balaban J connectivity index is 0.000000256. The first kappa shape index (κ1) is 15.3. The Kier molecular flexibility index (Phi) is 6.73. The maximum Gasteiger partial charge on any atom is 0.0919 e. The molecular weight excluding hydrogens is 351 g/mol. The van der Waals surface area contributed by atoms with E-state index in [1.807, 2.05) is 37.3 Å². The van der Waals surface area contributed by atoms with Gasteiger partial charge in [0.25, 0.3) is 0 Å². The average molecular weight is 366 g/mol. The molecule has 5 heteroatoms. The molecule has 0 aliphatic heterocycles. The fourth-order valence-electron chi connectivity index (χ4n) is 1.50. The molecule has 0 aliphatic rings. The van der Waals surface area contributed by atoms with Gasteiger partial charge in [-0.1, -0.05) is 30.3 Å². The summed E-state index contributed by atoms with van der Waals surface area (Å²) in [6.07, 6.45) is 8.51. The second kappa shape index (κ2) is 8.36. The van der Waals surface area contributed by atoms with Gasteiger partial charge in [0.1, 0.15) is 0 Å². The van der Waals surface area contributed by atoms with Gasteiger partial charge in [0.05, 0.1) is 17.7 Å². The van der Waals surface area contributed by atoms with Gasteiger partial charge in [-0.2, -0.15) is 0 Å². The number of benzene rings is 1. The number of hydrogen-bond donors (Lipinski definition) is 1. The Morgan fingerprint density at radius 1 is 0.947 bits per heavy atom. The molecule has 98 valence electrons. The number of H-pyrrole nitrogens is 1. The average Bonchev–Trinajstić information content (AvgIpc) is 2.99. The molecule has 0 fully saturated rings. The highest BCUT2D eigenvalue weighted by Crippen LogP contribution is 2.17. The van der Waals surface area contributed by atoms with Crippen LogP contribution in [0.2, 0.25) is 0 Å². The first-order valence-corrected chi connectivity index (χ1v) is 5.63. The third kappa shape index (κ3) is 4.78. The molecule has 0 saturated heterocycles. The molecule has 1 aromatic carbocycles. The normalized spacial score (nSPS) is 8.89. The van der Waals surface area contributed by atoms with Gasteiger partial charge in [-0.3, -0.25) is 9.97 Å². The van der Waals surface area contributed by atoms with Crippen molar-refractivity contribution in [2.45, 2.75) is 6.92 Å². The van der Waals surface area contributed by atoms with Crippen LogP contribution in [0.3, 0.4) is 0 Å². The van der Waals surface area contributed by atoms with Crippen molar-refractivity contribution in [1.82, 2.24) is 19.9 Å². The SMILES string of the molecule is Cc1nccnc1-c1ccccc1.I.c1c[nH]cn1. The number of aryl methyl sites for hydroxylation is 1. The lowest BCUT2D eigenvalue weighted by atomic mass is 10.1.